The summed E-state index contributed by atoms with van der Waals surface area (Å²) >= 11 is 0. The summed E-state index contributed by atoms with van der Waals surface area (Å²) in [7, 11) is 0. The van der Waals surface area contributed by atoms with Gasteiger partial charge in [-0.25, -0.2) is 9.48 Å². The van der Waals surface area contributed by atoms with Crippen molar-refractivity contribution in [3.05, 3.63) is 40.3 Å². The predicted octanol–water partition coefficient (Wildman–Crippen LogP) is -0.215. The summed E-state index contributed by atoms with van der Waals surface area (Å²) < 4.78 is 0.894. The van der Waals surface area contributed by atoms with Crippen LogP contribution in [0.2, 0.25) is 0 Å². The summed E-state index contributed by atoms with van der Waals surface area (Å²) in [6.07, 6.45) is 0. The molecular weight excluding hydrogens is 340 g/mol. The lowest BCUT2D eigenvalue weighted by Gasteiger charge is -2.34. The zero-order valence-electron chi connectivity index (χ0n) is 14.2. The lowest BCUT2D eigenvalue weighted by Crippen LogP contribution is -2.51. The SMILES string of the molecule is CC(=O)N1CCN(C(=O)Cn2nc(C(=O)O)c3ccccc3c2=O)CC1. The highest BCUT2D eigenvalue weighted by molar-refractivity contribution is 6.01. The summed E-state index contributed by atoms with van der Waals surface area (Å²) in [4.78, 5) is 51.0. The Hall–Kier alpha value is -3.23. The van der Waals surface area contributed by atoms with Crippen LogP contribution in [-0.4, -0.2) is 68.6 Å². The van der Waals surface area contributed by atoms with Crippen LogP contribution in [0, 0.1) is 0 Å². The van der Waals surface area contributed by atoms with Crippen molar-refractivity contribution in [2.75, 3.05) is 26.2 Å². The van der Waals surface area contributed by atoms with Gasteiger partial charge in [-0.1, -0.05) is 18.2 Å². The normalized spacial score (nSPS) is 14.5. The van der Waals surface area contributed by atoms with Crippen LogP contribution in [0.5, 0.6) is 0 Å². The molecule has 3 rings (SSSR count). The molecule has 2 aromatic rings. The maximum atomic E-state index is 12.5. The number of aromatic nitrogens is 2. The Labute approximate surface area is 148 Å². The maximum absolute atomic E-state index is 12.5. The second-order valence-electron chi connectivity index (χ2n) is 6.05. The topological polar surface area (TPSA) is 113 Å². The Kier molecular flexibility index (Phi) is 4.70. The van der Waals surface area contributed by atoms with Gasteiger partial charge in [0.2, 0.25) is 11.8 Å². The van der Waals surface area contributed by atoms with Gasteiger partial charge >= 0.3 is 5.97 Å². The number of benzene rings is 1. The molecule has 9 nitrogen and oxygen atoms in total. The van der Waals surface area contributed by atoms with E-state index in [9.17, 15) is 24.3 Å². The molecule has 26 heavy (non-hydrogen) atoms. The number of aromatic carboxylic acids is 1. The number of hydrogen-bond acceptors (Lipinski definition) is 5. The lowest BCUT2D eigenvalue weighted by atomic mass is 10.1. The fourth-order valence-corrected chi connectivity index (χ4v) is 3.00. The van der Waals surface area contributed by atoms with Gasteiger partial charge in [-0.3, -0.25) is 14.4 Å². The van der Waals surface area contributed by atoms with Crippen molar-refractivity contribution in [2.24, 2.45) is 0 Å². The second kappa shape index (κ2) is 6.95. The van der Waals surface area contributed by atoms with Crippen molar-refractivity contribution in [3.63, 3.8) is 0 Å². The van der Waals surface area contributed by atoms with E-state index >= 15 is 0 Å². The molecule has 2 heterocycles. The number of carbonyl (C=O) groups excluding carboxylic acids is 2. The number of rotatable bonds is 3. The summed E-state index contributed by atoms with van der Waals surface area (Å²) in [6.45, 7) is 2.73. The first kappa shape index (κ1) is 17.6. The highest BCUT2D eigenvalue weighted by Gasteiger charge is 2.24. The third kappa shape index (κ3) is 3.28. The van der Waals surface area contributed by atoms with Gasteiger partial charge in [-0.05, 0) is 6.07 Å². The molecule has 1 aromatic heterocycles. The first-order chi connectivity index (χ1) is 12.4. The van der Waals surface area contributed by atoms with Crippen LogP contribution in [0.4, 0.5) is 0 Å². The van der Waals surface area contributed by atoms with Gasteiger partial charge in [0.05, 0.1) is 5.39 Å². The quantitative estimate of drug-likeness (QED) is 0.812. The highest BCUT2D eigenvalue weighted by Crippen LogP contribution is 2.13. The Morgan fingerprint density at radius 3 is 2.19 bits per heavy atom. The van der Waals surface area contributed by atoms with E-state index in [4.69, 9.17) is 0 Å². The molecule has 9 heteroatoms. The lowest BCUT2D eigenvalue weighted by molar-refractivity contribution is -0.139. The monoisotopic (exact) mass is 358 g/mol. The Morgan fingerprint density at radius 2 is 1.62 bits per heavy atom. The molecule has 1 saturated heterocycles. The van der Waals surface area contributed by atoms with Gasteiger partial charge in [0, 0.05) is 38.5 Å². The molecule has 2 amide bonds. The molecule has 0 unspecified atom stereocenters. The summed E-state index contributed by atoms with van der Waals surface area (Å²) in [5, 5.41) is 13.7. The van der Waals surface area contributed by atoms with Gasteiger partial charge in [0.15, 0.2) is 5.69 Å². The molecule has 0 radical (unpaired) electrons. The van der Waals surface area contributed by atoms with Gasteiger partial charge in [-0.2, -0.15) is 5.10 Å². The van der Waals surface area contributed by atoms with Crippen LogP contribution < -0.4 is 5.56 Å². The Bertz CT molecular complexity index is 944. The minimum Gasteiger partial charge on any atom is -0.476 e. The number of hydrogen-bond donors (Lipinski definition) is 1. The van der Waals surface area contributed by atoms with Gasteiger partial charge in [0.1, 0.15) is 6.54 Å². The molecular formula is C17H18N4O5. The molecule has 1 aliphatic rings. The molecule has 0 atom stereocenters. The molecule has 0 spiro atoms. The fraction of sp³-hybridized carbons (Fsp3) is 0.353. The first-order valence-electron chi connectivity index (χ1n) is 8.15. The number of carboxylic acids is 1. The Balaban J connectivity index is 1.86. The van der Waals surface area contributed by atoms with E-state index in [1.807, 2.05) is 0 Å². The number of amides is 2. The minimum atomic E-state index is -1.27. The average Bonchev–Trinajstić information content (AvgIpc) is 2.63. The largest absolute Gasteiger partial charge is 0.476 e. The van der Waals surface area contributed by atoms with Crippen molar-refractivity contribution in [3.8, 4) is 0 Å². The van der Waals surface area contributed by atoms with E-state index in [0.717, 1.165) is 4.68 Å². The molecule has 1 aromatic carbocycles. The Morgan fingerprint density at radius 1 is 1.04 bits per heavy atom. The number of carbonyl (C=O) groups is 3. The van der Waals surface area contributed by atoms with Gasteiger partial charge < -0.3 is 14.9 Å². The molecule has 0 bridgehead atoms. The van der Waals surface area contributed by atoms with E-state index in [1.54, 1.807) is 21.9 Å². The van der Waals surface area contributed by atoms with E-state index in [-0.39, 0.29) is 34.8 Å². The van der Waals surface area contributed by atoms with E-state index < -0.39 is 11.5 Å². The van der Waals surface area contributed by atoms with Crippen LogP contribution in [-0.2, 0) is 16.1 Å². The number of fused-ring (bicyclic) bond motifs is 1. The van der Waals surface area contributed by atoms with E-state index in [0.29, 0.717) is 26.2 Å². The molecule has 1 N–H and O–H groups in total. The average molecular weight is 358 g/mol. The number of piperazine rings is 1. The number of carboxylic acid groups (broad SMARTS) is 1. The van der Waals surface area contributed by atoms with Crippen molar-refractivity contribution in [1.82, 2.24) is 19.6 Å². The van der Waals surface area contributed by atoms with E-state index in [1.165, 1.54) is 19.1 Å². The summed E-state index contributed by atoms with van der Waals surface area (Å²) in [6, 6.07) is 6.28. The molecule has 1 aliphatic heterocycles. The minimum absolute atomic E-state index is 0.0457. The fourth-order valence-electron chi connectivity index (χ4n) is 3.00. The van der Waals surface area contributed by atoms with Gasteiger partial charge in [0.25, 0.3) is 5.56 Å². The predicted molar refractivity (Wildman–Crippen MR) is 91.8 cm³/mol. The van der Waals surface area contributed by atoms with E-state index in [2.05, 4.69) is 5.10 Å². The third-order valence-electron chi connectivity index (χ3n) is 4.43. The van der Waals surface area contributed by atoms with Crippen molar-refractivity contribution in [1.29, 1.82) is 0 Å². The molecule has 0 saturated carbocycles. The number of nitrogens with zero attached hydrogens (tertiary/aromatic N) is 4. The van der Waals surface area contributed by atoms with Crippen LogP contribution in [0.3, 0.4) is 0 Å². The summed E-state index contributed by atoms with van der Waals surface area (Å²) in [5.74, 6) is -1.65. The summed E-state index contributed by atoms with van der Waals surface area (Å²) in [5.41, 5.74) is -0.782. The second-order valence-corrected chi connectivity index (χ2v) is 6.05. The molecule has 0 aliphatic carbocycles. The highest BCUT2D eigenvalue weighted by atomic mass is 16.4. The van der Waals surface area contributed by atoms with Crippen molar-refractivity contribution < 1.29 is 19.5 Å². The standard InChI is InChI=1S/C17H18N4O5/c1-11(22)19-6-8-20(9-7-19)14(23)10-21-16(24)13-5-3-2-4-12(13)15(18-21)17(25)26/h2-5H,6-10H2,1H3,(H,25,26). The zero-order chi connectivity index (χ0) is 18.8. The van der Waals surface area contributed by atoms with Crippen LogP contribution in [0.15, 0.2) is 29.1 Å². The van der Waals surface area contributed by atoms with Crippen molar-refractivity contribution in [2.45, 2.75) is 13.5 Å². The first-order valence-corrected chi connectivity index (χ1v) is 8.15. The zero-order valence-corrected chi connectivity index (χ0v) is 14.2. The molecule has 136 valence electrons. The van der Waals surface area contributed by atoms with Crippen LogP contribution in [0.25, 0.3) is 10.8 Å². The van der Waals surface area contributed by atoms with Gasteiger partial charge in [-0.15, -0.1) is 0 Å². The van der Waals surface area contributed by atoms with Crippen molar-refractivity contribution >= 4 is 28.6 Å². The van der Waals surface area contributed by atoms with Crippen LogP contribution >= 0.6 is 0 Å². The smallest absolute Gasteiger partial charge is 0.357 e. The molecule has 1 fully saturated rings. The maximum Gasteiger partial charge on any atom is 0.357 e. The van der Waals surface area contributed by atoms with Crippen LogP contribution in [0.1, 0.15) is 17.4 Å². The third-order valence-corrected chi connectivity index (χ3v) is 4.43.